The van der Waals surface area contributed by atoms with Crippen molar-refractivity contribution in [3.05, 3.63) is 11.9 Å². The molecule has 4 rings (SSSR count). The number of piperazine rings is 1. The number of fused-ring (bicyclic) bond motifs is 1. The van der Waals surface area contributed by atoms with Crippen LogP contribution in [0.3, 0.4) is 0 Å². The third-order valence-corrected chi connectivity index (χ3v) is 4.38. The number of nitrogens with one attached hydrogen (secondary N) is 2. The summed E-state index contributed by atoms with van der Waals surface area (Å²) in [5.74, 6) is 8.44. The highest BCUT2D eigenvalue weighted by molar-refractivity contribution is 5.77. The van der Waals surface area contributed by atoms with Crippen LogP contribution in [-0.4, -0.2) is 53.1 Å². The summed E-state index contributed by atoms with van der Waals surface area (Å²) in [7, 11) is 0. The molecule has 3 heterocycles. The van der Waals surface area contributed by atoms with Crippen molar-refractivity contribution in [3.63, 3.8) is 0 Å². The van der Waals surface area contributed by atoms with Crippen molar-refractivity contribution in [3.8, 4) is 0 Å². The van der Waals surface area contributed by atoms with E-state index in [1.807, 2.05) is 11.0 Å². The lowest BCUT2D eigenvalue weighted by atomic mass is 10.2. The highest BCUT2D eigenvalue weighted by Gasteiger charge is 2.36. The standard InChI is InChI=1S/C13H19N7O/c14-18-10-5-11(17-12(16-10)8-1-2-8)19-3-4-20-9(7-19)6-15-13(20)21/h5,8-9H,1-4,6-7,14H2,(H,15,21)(H,16,17,18). The van der Waals surface area contributed by atoms with Crippen LogP contribution in [-0.2, 0) is 0 Å². The van der Waals surface area contributed by atoms with Gasteiger partial charge in [0.25, 0.3) is 0 Å². The van der Waals surface area contributed by atoms with Gasteiger partial charge in [0.2, 0.25) is 0 Å². The fourth-order valence-corrected chi connectivity index (χ4v) is 3.02. The summed E-state index contributed by atoms with van der Waals surface area (Å²) in [5.41, 5.74) is 2.63. The van der Waals surface area contributed by atoms with E-state index in [1.165, 1.54) is 0 Å². The topological polar surface area (TPSA) is 99.4 Å². The van der Waals surface area contributed by atoms with Crippen molar-refractivity contribution in [1.29, 1.82) is 0 Å². The summed E-state index contributed by atoms with van der Waals surface area (Å²) >= 11 is 0. The molecule has 1 aromatic rings. The van der Waals surface area contributed by atoms with Crippen LogP contribution in [0.25, 0.3) is 0 Å². The van der Waals surface area contributed by atoms with Crippen molar-refractivity contribution in [2.75, 3.05) is 36.5 Å². The summed E-state index contributed by atoms with van der Waals surface area (Å²) < 4.78 is 0. The van der Waals surface area contributed by atoms with E-state index in [4.69, 9.17) is 10.8 Å². The molecule has 3 fully saturated rings. The minimum atomic E-state index is 0.0466. The number of aromatic nitrogens is 2. The second kappa shape index (κ2) is 4.73. The van der Waals surface area contributed by atoms with Crippen LogP contribution in [0.4, 0.5) is 16.4 Å². The molecule has 0 spiro atoms. The molecule has 2 amide bonds. The van der Waals surface area contributed by atoms with E-state index in [-0.39, 0.29) is 12.1 Å². The lowest BCUT2D eigenvalue weighted by molar-refractivity contribution is 0.197. The van der Waals surface area contributed by atoms with Crippen LogP contribution in [0.5, 0.6) is 0 Å². The van der Waals surface area contributed by atoms with Crippen LogP contribution in [0, 0.1) is 0 Å². The normalized spacial score (nSPS) is 24.8. The molecule has 1 atom stereocenters. The van der Waals surface area contributed by atoms with Gasteiger partial charge in [0.1, 0.15) is 17.5 Å². The number of amides is 2. The highest BCUT2D eigenvalue weighted by Crippen LogP contribution is 2.39. The highest BCUT2D eigenvalue weighted by atomic mass is 16.2. The molecule has 8 nitrogen and oxygen atoms in total. The summed E-state index contributed by atoms with van der Waals surface area (Å²) in [4.78, 5) is 24.9. The zero-order valence-corrected chi connectivity index (χ0v) is 11.7. The molecule has 2 saturated heterocycles. The first-order valence-electron chi connectivity index (χ1n) is 7.39. The van der Waals surface area contributed by atoms with Crippen LogP contribution in [0.1, 0.15) is 24.6 Å². The van der Waals surface area contributed by atoms with Gasteiger partial charge in [0.15, 0.2) is 0 Å². The number of carbonyl (C=O) groups excluding carboxylic acids is 1. The molecule has 1 aromatic heterocycles. The van der Waals surface area contributed by atoms with E-state index in [1.54, 1.807) is 0 Å². The molecule has 1 aliphatic carbocycles. The molecule has 0 aromatic carbocycles. The fourth-order valence-electron chi connectivity index (χ4n) is 3.02. The minimum absolute atomic E-state index is 0.0466. The Morgan fingerprint density at radius 3 is 2.95 bits per heavy atom. The second-order valence-electron chi connectivity index (χ2n) is 5.87. The number of hydrogen-bond donors (Lipinski definition) is 3. The molecule has 0 bridgehead atoms. The Kier molecular flexibility index (Phi) is 2.85. The van der Waals surface area contributed by atoms with E-state index in [9.17, 15) is 4.79 Å². The van der Waals surface area contributed by atoms with Crippen molar-refractivity contribution in [2.24, 2.45) is 5.84 Å². The van der Waals surface area contributed by atoms with E-state index >= 15 is 0 Å². The van der Waals surface area contributed by atoms with Crippen molar-refractivity contribution < 1.29 is 4.79 Å². The Hall–Kier alpha value is -2.09. The van der Waals surface area contributed by atoms with Gasteiger partial charge in [-0.15, -0.1) is 0 Å². The number of anilines is 2. The maximum Gasteiger partial charge on any atom is 0.317 e. The Morgan fingerprint density at radius 1 is 1.33 bits per heavy atom. The minimum Gasteiger partial charge on any atom is -0.353 e. The third-order valence-electron chi connectivity index (χ3n) is 4.38. The van der Waals surface area contributed by atoms with Crippen LogP contribution in [0.2, 0.25) is 0 Å². The first kappa shape index (κ1) is 12.6. The van der Waals surface area contributed by atoms with E-state index < -0.39 is 0 Å². The van der Waals surface area contributed by atoms with Crippen molar-refractivity contribution in [1.82, 2.24) is 20.2 Å². The first-order valence-corrected chi connectivity index (χ1v) is 7.39. The van der Waals surface area contributed by atoms with Crippen LogP contribution >= 0.6 is 0 Å². The van der Waals surface area contributed by atoms with Crippen LogP contribution < -0.4 is 21.5 Å². The van der Waals surface area contributed by atoms with Crippen molar-refractivity contribution >= 4 is 17.7 Å². The fraction of sp³-hybridized carbons (Fsp3) is 0.615. The molecule has 21 heavy (non-hydrogen) atoms. The lowest BCUT2D eigenvalue weighted by Crippen LogP contribution is -2.52. The lowest BCUT2D eigenvalue weighted by Gasteiger charge is -2.37. The van der Waals surface area contributed by atoms with Crippen molar-refractivity contribution in [2.45, 2.75) is 24.8 Å². The number of rotatable bonds is 3. The molecule has 3 aliphatic rings. The Balaban J connectivity index is 1.58. The summed E-state index contributed by atoms with van der Waals surface area (Å²) in [6.07, 6.45) is 2.31. The predicted octanol–water partition coefficient (Wildman–Crippen LogP) is -0.147. The molecular weight excluding hydrogens is 270 g/mol. The monoisotopic (exact) mass is 289 g/mol. The summed E-state index contributed by atoms with van der Waals surface area (Å²) in [5, 5.41) is 2.89. The number of nitrogens with zero attached hydrogens (tertiary/aromatic N) is 4. The quantitative estimate of drug-likeness (QED) is 0.529. The molecule has 112 valence electrons. The number of nitrogens with two attached hydrogens (primary N) is 1. The Morgan fingerprint density at radius 2 is 2.19 bits per heavy atom. The van der Waals surface area contributed by atoms with Gasteiger partial charge in [0.05, 0.1) is 6.04 Å². The Bertz CT molecular complexity index is 574. The van der Waals surface area contributed by atoms with Gasteiger partial charge in [-0.2, -0.15) is 0 Å². The average molecular weight is 289 g/mol. The van der Waals surface area contributed by atoms with E-state index in [0.717, 1.165) is 44.1 Å². The van der Waals surface area contributed by atoms with Gasteiger partial charge in [0, 0.05) is 38.2 Å². The summed E-state index contributed by atoms with van der Waals surface area (Å²) in [6.45, 7) is 3.02. The molecular formula is C13H19N7O. The van der Waals surface area contributed by atoms with Gasteiger partial charge in [-0.1, -0.05) is 0 Å². The third kappa shape index (κ3) is 2.25. The van der Waals surface area contributed by atoms with Gasteiger partial charge >= 0.3 is 6.03 Å². The number of urea groups is 1. The second-order valence-corrected chi connectivity index (χ2v) is 5.87. The maximum atomic E-state index is 11.6. The first-order chi connectivity index (χ1) is 10.2. The number of hydrazine groups is 1. The molecule has 0 radical (unpaired) electrons. The van der Waals surface area contributed by atoms with E-state index in [0.29, 0.717) is 18.3 Å². The largest absolute Gasteiger partial charge is 0.353 e. The molecule has 1 saturated carbocycles. The SMILES string of the molecule is NNc1cc(N2CCN3C(=O)NCC3C2)nc(C2CC2)n1. The average Bonchev–Trinajstić information content (AvgIpc) is 3.31. The van der Waals surface area contributed by atoms with Gasteiger partial charge in [-0.3, -0.25) is 0 Å². The molecule has 2 aliphatic heterocycles. The zero-order valence-electron chi connectivity index (χ0n) is 11.7. The van der Waals surface area contributed by atoms with Crippen LogP contribution in [0.15, 0.2) is 6.07 Å². The molecule has 8 heteroatoms. The predicted molar refractivity (Wildman–Crippen MR) is 77.9 cm³/mol. The smallest absolute Gasteiger partial charge is 0.317 e. The zero-order chi connectivity index (χ0) is 14.4. The Labute approximate surface area is 122 Å². The van der Waals surface area contributed by atoms with Gasteiger partial charge < -0.3 is 20.5 Å². The molecule has 4 N–H and O–H groups in total. The molecule has 1 unspecified atom stereocenters. The number of nitrogen functional groups attached to an aromatic ring is 1. The van der Waals surface area contributed by atoms with E-state index in [2.05, 4.69) is 20.6 Å². The summed E-state index contributed by atoms with van der Waals surface area (Å²) in [6, 6.07) is 2.15. The van der Waals surface area contributed by atoms with Gasteiger partial charge in [-0.25, -0.2) is 20.6 Å². The number of hydrogen-bond acceptors (Lipinski definition) is 6. The maximum absolute atomic E-state index is 11.6. The van der Waals surface area contributed by atoms with Gasteiger partial charge in [-0.05, 0) is 12.8 Å². The number of carbonyl (C=O) groups is 1.